The molecule has 0 aliphatic carbocycles. The molecule has 0 saturated carbocycles. The molecule has 17 heavy (non-hydrogen) atoms. The van der Waals surface area contributed by atoms with Crippen molar-refractivity contribution in [2.45, 2.75) is 25.1 Å². The summed E-state index contributed by atoms with van der Waals surface area (Å²) in [5, 5.41) is 0.493. The maximum atomic E-state index is 12.1. The number of alkyl halides is 3. The summed E-state index contributed by atoms with van der Waals surface area (Å²) in [6.07, 6.45) is -4.15. The molecule has 3 N–H and O–H groups in total. The molecule has 96 valence electrons. The van der Waals surface area contributed by atoms with E-state index in [4.69, 9.17) is 29.0 Å². The quantitative estimate of drug-likeness (QED) is 0.660. The molecule has 1 rings (SSSR count). The summed E-state index contributed by atoms with van der Waals surface area (Å²) in [6.45, 7) is 0. The summed E-state index contributed by atoms with van der Waals surface area (Å²) in [4.78, 5) is 3.88. The zero-order chi connectivity index (χ0) is 13.1. The number of hydrogen-bond acceptors (Lipinski definition) is 3. The molecule has 1 aromatic heterocycles. The van der Waals surface area contributed by atoms with Gasteiger partial charge in [0.2, 0.25) is 0 Å². The Morgan fingerprint density at radius 3 is 2.53 bits per heavy atom. The molecule has 1 atom stereocenters. The summed E-state index contributed by atoms with van der Waals surface area (Å²) < 4.78 is 36.3. The third-order valence-electron chi connectivity index (χ3n) is 2.08. The highest BCUT2D eigenvalue weighted by atomic mass is 35.5. The van der Waals surface area contributed by atoms with E-state index in [1.165, 1.54) is 12.3 Å². The molecule has 0 radical (unpaired) electrons. The van der Waals surface area contributed by atoms with Crippen LogP contribution in [0.5, 0.6) is 0 Å². The normalized spacial score (nSPS) is 13.8. The molecule has 0 bridgehead atoms. The van der Waals surface area contributed by atoms with Crippen LogP contribution in [0.25, 0.3) is 0 Å². The maximum Gasteiger partial charge on any atom is 0.389 e. The predicted octanol–water partition coefficient (Wildman–Crippen LogP) is 3.24. The third kappa shape index (κ3) is 4.67. The SMILES string of the molecule is NNC(CCC(F)(F)F)c1ncc(Cl)cc1Cl. The third-order valence-corrected chi connectivity index (χ3v) is 2.59. The van der Waals surface area contributed by atoms with Gasteiger partial charge >= 0.3 is 6.18 Å². The fraction of sp³-hybridized carbons (Fsp3) is 0.444. The number of aromatic nitrogens is 1. The average molecular weight is 288 g/mol. The molecule has 1 heterocycles. The molecule has 0 aliphatic heterocycles. The summed E-state index contributed by atoms with van der Waals surface area (Å²) in [5.74, 6) is 5.19. The Hall–Kier alpha value is -0.560. The van der Waals surface area contributed by atoms with Crippen molar-refractivity contribution in [1.82, 2.24) is 10.4 Å². The second-order valence-corrected chi connectivity index (χ2v) is 4.24. The highest BCUT2D eigenvalue weighted by molar-refractivity contribution is 6.34. The van der Waals surface area contributed by atoms with E-state index in [1.807, 2.05) is 0 Å². The predicted molar refractivity (Wildman–Crippen MR) is 59.6 cm³/mol. The second-order valence-electron chi connectivity index (χ2n) is 3.39. The van der Waals surface area contributed by atoms with Crippen LogP contribution in [-0.2, 0) is 0 Å². The lowest BCUT2D eigenvalue weighted by atomic mass is 10.1. The highest BCUT2D eigenvalue weighted by Crippen LogP contribution is 2.30. The number of rotatable bonds is 4. The Bertz CT molecular complexity index is 384. The van der Waals surface area contributed by atoms with Gasteiger partial charge in [-0.2, -0.15) is 13.2 Å². The molecule has 3 nitrogen and oxygen atoms in total. The van der Waals surface area contributed by atoms with E-state index < -0.39 is 18.6 Å². The lowest BCUT2D eigenvalue weighted by Crippen LogP contribution is -2.30. The van der Waals surface area contributed by atoms with Crippen LogP contribution in [0.15, 0.2) is 12.3 Å². The lowest BCUT2D eigenvalue weighted by molar-refractivity contribution is -0.136. The number of nitrogens with one attached hydrogen (secondary N) is 1. The standard InChI is InChI=1S/C9H10Cl2F3N3/c10-5-3-6(11)8(16-4-5)7(17-15)1-2-9(12,13)14/h3-4,7,17H,1-2,15H2. The lowest BCUT2D eigenvalue weighted by Gasteiger charge is -2.17. The summed E-state index contributed by atoms with van der Waals surface area (Å²) in [6, 6.07) is 0.644. The van der Waals surface area contributed by atoms with Crippen LogP contribution in [0.2, 0.25) is 10.0 Å². The van der Waals surface area contributed by atoms with Crippen molar-refractivity contribution in [2.24, 2.45) is 5.84 Å². The molecular weight excluding hydrogens is 278 g/mol. The van der Waals surface area contributed by atoms with Gasteiger partial charge in [0.1, 0.15) is 0 Å². The minimum absolute atomic E-state index is 0.183. The van der Waals surface area contributed by atoms with Crippen molar-refractivity contribution in [3.05, 3.63) is 28.0 Å². The fourth-order valence-electron chi connectivity index (χ4n) is 1.29. The Morgan fingerprint density at radius 1 is 1.41 bits per heavy atom. The Labute approximate surface area is 106 Å². The van der Waals surface area contributed by atoms with E-state index in [0.717, 1.165) is 0 Å². The van der Waals surface area contributed by atoms with Gasteiger partial charge < -0.3 is 0 Å². The Balaban J connectivity index is 2.79. The van der Waals surface area contributed by atoms with Gasteiger partial charge in [0, 0.05) is 12.6 Å². The first-order valence-electron chi connectivity index (χ1n) is 4.67. The van der Waals surface area contributed by atoms with Gasteiger partial charge in [0.25, 0.3) is 0 Å². The molecular formula is C9H10Cl2F3N3. The van der Waals surface area contributed by atoms with Gasteiger partial charge in [0.05, 0.1) is 21.8 Å². The van der Waals surface area contributed by atoms with E-state index in [2.05, 4.69) is 10.4 Å². The van der Waals surface area contributed by atoms with E-state index in [1.54, 1.807) is 0 Å². The van der Waals surface area contributed by atoms with Crippen molar-refractivity contribution in [3.8, 4) is 0 Å². The summed E-state index contributed by atoms with van der Waals surface area (Å²) in [5.41, 5.74) is 2.51. The van der Waals surface area contributed by atoms with Crippen molar-refractivity contribution >= 4 is 23.2 Å². The molecule has 8 heteroatoms. The summed E-state index contributed by atoms with van der Waals surface area (Å²) >= 11 is 11.5. The number of halogens is 5. The fourth-order valence-corrected chi connectivity index (χ4v) is 1.80. The second kappa shape index (κ2) is 5.86. The van der Waals surface area contributed by atoms with Gasteiger partial charge in [0.15, 0.2) is 0 Å². The first-order valence-corrected chi connectivity index (χ1v) is 5.43. The molecule has 1 aromatic rings. The van der Waals surface area contributed by atoms with Crippen LogP contribution in [0.3, 0.4) is 0 Å². The van der Waals surface area contributed by atoms with Crippen LogP contribution in [0.1, 0.15) is 24.6 Å². The number of nitrogens with zero attached hydrogens (tertiary/aromatic N) is 1. The van der Waals surface area contributed by atoms with Gasteiger partial charge in [-0.05, 0) is 12.5 Å². The average Bonchev–Trinajstić information content (AvgIpc) is 2.19. The Kier molecular flexibility index (Phi) is 5.00. The molecule has 0 spiro atoms. The minimum Gasteiger partial charge on any atom is -0.271 e. The zero-order valence-electron chi connectivity index (χ0n) is 8.56. The monoisotopic (exact) mass is 287 g/mol. The van der Waals surface area contributed by atoms with Gasteiger partial charge in [-0.15, -0.1) is 0 Å². The van der Waals surface area contributed by atoms with E-state index in [0.29, 0.717) is 5.02 Å². The maximum absolute atomic E-state index is 12.1. The number of pyridine rings is 1. The minimum atomic E-state index is -4.24. The zero-order valence-corrected chi connectivity index (χ0v) is 10.1. The van der Waals surface area contributed by atoms with Gasteiger partial charge in [-0.25, -0.2) is 0 Å². The number of hydrazine groups is 1. The van der Waals surface area contributed by atoms with Crippen LogP contribution < -0.4 is 11.3 Å². The van der Waals surface area contributed by atoms with Gasteiger partial charge in [-0.1, -0.05) is 23.2 Å². The first kappa shape index (κ1) is 14.5. The van der Waals surface area contributed by atoms with Crippen LogP contribution in [0, 0.1) is 0 Å². The van der Waals surface area contributed by atoms with Gasteiger partial charge in [-0.3, -0.25) is 16.3 Å². The number of nitrogens with two attached hydrogens (primary N) is 1. The molecule has 0 aromatic carbocycles. The van der Waals surface area contributed by atoms with Crippen molar-refractivity contribution < 1.29 is 13.2 Å². The molecule has 0 amide bonds. The van der Waals surface area contributed by atoms with Crippen molar-refractivity contribution in [2.75, 3.05) is 0 Å². The van der Waals surface area contributed by atoms with Crippen molar-refractivity contribution in [1.29, 1.82) is 0 Å². The van der Waals surface area contributed by atoms with Crippen LogP contribution in [-0.4, -0.2) is 11.2 Å². The van der Waals surface area contributed by atoms with E-state index >= 15 is 0 Å². The van der Waals surface area contributed by atoms with E-state index in [9.17, 15) is 13.2 Å². The summed E-state index contributed by atoms with van der Waals surface area (Å²) in [7, 11) is 0. The Morgan fingerprint density at radius 2 is 2.06 bits per heavy atom. The largest absolute Gasteiger partial charge is 0.389 e. The molecule has 0 saturated heterocycles. The number of hydrogen-bond donors (Lipinski definition) is 2. The molecule has 0 fully saturated rings. The first-order chi connectivity index (χ1) is 7.83. The van der Waals surface area contributed by atoms with E-state index in [-0.39, 0.29) is 17.1 Å². The van der Waals surface area contributed by atoms with Crippen molar-refractivity contribution in [3.63, 3.8) is 0 Å². The molecule has 0 aliphatic rings. The highest BCUT2D eigenvalue weighted by Gasteiger charge is 2.29. The smallest absolute Gasteiger partial charge is 0.271 e. The topological polar surface area (TPSA) is 50.9 Å². The van der Waals surface area contributed by atoms with Crippen LogP contribution >= 0.6 is 23.2 Å². The van der Waals surface area contributed by atoms with Crippen LogP contribution in [0.4, 0.5) is 13.2 Å². The molecule has 1 unspecified atom stereocenters.